The Hall–Kier alpha value is -3.20. The third kappa shape index (κ3) is 4.74. The lowest BCUT2D eigenvalue weighted by Crippen LogP contribution is -2.30. The lowest BCUT2D eigenvalue weighted by Gasteiger charge is -2.08. The normalized spacial score (nSPS) is 10.5. The second kappa shape index (κ2) is 9.14. The summed E-state index contributed by atoms with van der Waals surface area (Å²) >= 11 is 1.51. The topological polar surface area (TPSA) is 106 Å². The number of nitrogens with zero attached hydrogens (tertiary/aromatic N) is 2. The lowest BCUT2D eigenvalue weighted by atomic mass is 10.2. The summed E-state index contributed by atoms with van der Waals surface area (Å²) in [5.74, 6) is 0.506. The van der Waals surface area contributed by atoms with Gasteiger partial charge in [-0.05, 0) is 30.9 Å². The van der Waals surface area contributed by atoms with Crippen LogP contribution in [0.2, 0.25) is 0 Å². The highest BCUT2D eigenvalue weighted by Gasteiger charge is 2.14. The standard InChI is InChI=1S/C19H20N4O4S/c1-12-13(6-7-17(22-12)26-2)18(24)20-8-4-9-21-19(25)14-11-15(27-23-14)16-5-3-10-28-16/h3,5-7,10-11H,4,8-9H2,1-2H3,(H,20,24)(H,21,25). The molecule has 2 amide bonds. The Labute approximate surface area is 165 Å². The number of aryl methyl sites for hydroxylation is 1. The molecule has 0 fully saturated rings. The number of amides is 2. The van der Waals surface area contributed by atoms with E-state index in [2.05, 4.69) is 20.8 Å². The van der Waals surface area contributed by atoms with E-state index in [0.717, 1.165) is 4.88 Å². The van der Waals surface area contributed by atoms with E-state index in [-0.39, 0.29) is 17.5 Å². The molecule has 0 aliphatic carbocycles. The van der Waals surface area contributed by atoms with Crippen molar-refractivity contribution in [2.45, 2.75) is 13.3 Å². The van der Waals surface area contributed by atoms with E-state index in [1.165, 1.54) is 18.4 Å². The fraction of sp³-hybridized carbons (Fsp3) is 0.263. The smallest absolute Gasteiger partial charge is 0.273 e. The molecule has 9 heteroatoms. The Bertz CT molecular complexity index is 953. The van der Waals surface area contributed by atoms with Gasteiger partial charge in [0.1, 0.15) is 0 Å². The van der Waals surface area contributed by atoms with Gasteiger partial charge in [-0.25, -0.2) is 4.98 Å². The molecule has 8 nitrogen and oxygen atoms in total. The van der Waals surface area contributed by atoms with Crippen LogP contribution in [0.3, 0.4) is 0 Å². The zero-order chi connectivity index (χ0) is 19.9. The first kappa shape index (κ1) is 19.6. The number of hydrogen-bond acceptors (Lipinski definition) is 7. The highest BCUT2D eigenvalue weighted by Crippen LogP contribution is 2.25. The van der Waals surface area contributed by atoms with E-state index < -0.39 is 0 Å². The molecule has 3 aromatic heterocycles. The number of aromatic nitrogens is 2. The van der Waals surface area contributed by atoms with Crippen LogP contribution < -0.4 is 15.4 Å². The predicted octanol–water partition coefficient (Wildman–Crippen LogP) is 2.67. The average molecular weight is 400 g/mol. The zero-order valence-corrected chi connectivity index (χ0v) is 16.3. The van der Waals surface area contributed by atoms with E-state index in [1.54, 1.807) is 25.1 Å². The molecule has 3 aromatic rings. The molecule has 3 rings (SSSR count). The number of carbonyl (C=O) groups excluding carboxylic acids is 2. The maximum absolute atomic E-state index is 12.2. The summed E-state index contributed by atoms with van der Waals surface area (Å²) in [5, 5.41) is 11.3. The van der Waals surface area contributed by atoms with Crippen molar-refractivity contribution >= 4 is 23.2 Å². The zero-order valence-electron chi connectivity index (χ0n) is 15.5. The molecule has 3 heterocycles. The number of pyridine rings is 1. The molecule has 0 saturated carbocycles. The average Bonchev–Trinajstić information content (AvgIpc) is 3.38. The SMILES string of the molecule is COc1ccc(C(=O)NCCCNC(=O)c2cc(-c3cccs3)on2)c(C)n1. The van der Waals surface area contributed by atoms with Crippen LogP contribution in [0.25, 0.3) is 10.6 Å². The summed E-state index contributed by atoms with van der Waals surface area (Å²) in [6, 6.07) is 8.73. The highest BCUT2D eigenvalue weighted by atomic mass is 32.1. The van der Waals surface area contributed by atoms with E-state index >= 15 is 0 Å². The first-order valence-corrected chi connectivity index (χ1v) is 9.55. The molecule has 0 radical (unpaired) electrons. The number of nitrogens with one attached hydrogen (secondary N) is 2. The Kier molecular flexibility index (Phi) is 6.38. The Balaban J connectivity index is 1.41. The number of thiophene rings is 1. The lowest BCUT2D eigenvalue weighted by molar-refractivity contribution is 0.0944. The van der Waals surface area contributed by atoms with Crippen LogP contribution >= 0.6 is 11.3 Å². The van der Waals surface area contributed by atoms with Crippen molar-refractivity contribution in [3.05, 3.63) is 52.7 Å². The molecule has 0 bridgehead atoms. The van der Waals surface area contributed by atoms with Crippen molar-refractivity contribution in [1.82, 2.24) is 20.8 Å². The maximum atomic E-state index is 12.2. The Morgan fingerprint density at radius 3 is 2.64 bits per heavy atom. The van der Waals surface area contributed by atoms with Gasteiger partial charge < -0.3 is 19.9 Å². The number of hydrogen-bond donors (Lipinski definition) is 2. The largest absolute Gasteiger partial charge is 0.481 e. The minimum Gasteiger partial charge on any atom is -0.481 e. The van der Waals surface area contributed by atoms with E-state index in [1.807, 2.05) is 17.5 Å². The highest BCUT2D eigenvalue weighted by molar-refractivity contribution is 7.13. The van der Waals surface area contributed by atoms with Gasteiger partial charge in [-0.1, -0.05) is 11.2 Å². The van der Waals surface area contributed by atoms with Gasteiger partial charge in [-0.2, -0.15) is 0 Å². The molecule has 0 aliphatic rings. The predicted molar refractivity (Wildman–Crippen MR) is 105 cm³/mol. The summed E-state index contributed by atoms with van der Waals surface area (Å²) in [5.41, 5.74) is 1.32. The molecule has 0 aliphatic heterocycles. The number of rotatable bonds is 8. The summed E-state index contributed by atoms with van der Waals surface area (Å²) in [4.78, 5) is 29.4. The third-order valence-electron chi connectivity index (χ3n) is 3.95. The quantitative estimate of drug-likeness (QED) is 0.563. The summed E-state index contributed by atoms with van der Waals surface area (Å²) < 4.78 is 10.2. The number of carbonyl (C=O) groups is 2. The molecular weight excluding hydrogens is 380 g/mol. The van der Waals surface area contributed by atoms with E-state index in [9.17, 15) is 9.59 Å². The van der Waals surface area contributed by atoms with Gasteiger partial charge in [-0.15, -0.1) is 11.3 Å². The van der Waals surface area contributed by atoms with Crippen LogP contribution in [-0.4, -0.2) is 42.2 Å². The minimum atomic E-state index is -0.312. The summed E-state index contributed by atoms with van der Waals surface area (Å²) in [6.45, 7) is 2.57. The van der Waals surface area contributed by atoms with Gasteiger partial charge in [0.05, 0.1) is 23.2 Å². The van der Waals surface area contributed by atoms with Crippen molar-refractivity contribution < 1.29 is 18.8 Å². The second-order valence-corrected chi connectivity index (χ2v) is 6.85. The van der Waals surface area contributed by atoms with Crippen molar-refractivity contribution in [3.8, 4) is 16.5 Å². The third-order valence-corrected chi connectivity index (χ3v) is 4.83. The van der Waals surface area contributed by atoms with Crippen LogP contribution in [0, 0.1) is 6.92 Å². The molecule has 0 unspecified atom stereocenters. The second-order valence-electron chi connectivity index (χ2n) is 5.91. The van der Waals surface area contributed by atoms with Crippen LogP contribution in [0.15, 0.2) is 40.2 Å². The van der Waals surface area contributed by atoms with Gasteiger partial charge in [0, 0.05) is 25.2 Å². The molecule has 2 N–H and O–H groups in total. The fourth-order valence-corrected chi connectivity index (χ4v) is 3.16. The van der Waals surface area contributed by atoms with Gasteiger partial charge in [-0.3, -0.25) is 9.59 Å². The fourth-order valence-electron chi connectivity index (χ4n) is 2.49. The van der Waals surface area contributed by atoms with E-state index in [4.69, 9.17) is 9.26 Å². The molecule has 28 heavy (non-hydrogen) atoms. The van der Waals surface area contributed by atoms with Crippen LogP contribution in [0.5, 0.6) is 5.88 Å². The Morgan fingerprint density at radius 1 is 1.18 bits per heavy atom. The number of methoxy groups -OCH3 is 1. The molecule has 0 saturated heterocycles. The molecule has 146 valence electrons. The molecule has 0 atom stereocenters. The van der Waals surface area contributed by atoms with Gasteiger partial charge >= 0.3 is 0 Å². The van der Waals surface area contributed by atoms with Crippen LogP contribution in [-0.2, 0) is 0 Å². The van der Waals surface area contributed by atoms with Gasteiger partial charge in [0.2, 0.25) is 5.88 Å². The van der Waals surface area contributed by atoms with Crippen molar-refractivity contribution in [2.75, 3.05) is 20.2 Å². The molecule has 0 aromatic carbocycles. The van der Waals surface area contributed by atoms with Crippen LogP contribution in [0.1, 0.15) is 33.0 Å². The first-order valence-electron chi connectivity index (χ1n) is 8.67. The van der Waals surface area contributed by atoms with Crippen molar-refractivity contribution in [3.63, 3.8) is 0 Å². The van der Waals surface area contributed by atoms with E-state index in [0.29, 0.717) is 42.4 Å². The summed E-state index contributed by atoms with van der Waals surface area (Å²) in [7, 11) is 1.53. The minimum absolute atomic E-state index is 0.212. The number of ether oxygens (including phenoxy) is 1. The van der Waals surface area contributed by atoms with Gasteiger partial charge in [0.15, 0.2) is 11.5 Å². The van der Waals surface area contributed by atoms with Crippen molar-refractivity contribution in [1.29, 1.82) is 0 Å². The molecular formula is C19H20N4O4S. The molecule has 0 spiro atoms. The first-order chi connectivity index (χ1) is 13.6. The Morgan fingerprint density at radius 2 is 1.96 bits per heavy atom. The monoisotopic (exact) mass is 400 g/mol. The summed E-state index contributed by atoms with van der Waals surface area (Å²) in [6.07, 6.45) is 0.579. The van der Waals surface area contributed by atoms with Crippen LogP contribution in [0.4, 0.5) is 0 Å². The van der Waals surface area contributed by atoms with Crippen molar-refractivity contribution in [2.24, 2.45) is 0 Å². The van der Waals surface area contributed by atoms with Gasteiger partial charge in [0.25, 0.3) is 11.8 Å². The maximum Gasteiger partial charge on any atom is 0.273 e.